The van der Waals surface area contributed by atoms with Gasteiger partial charge >= 0.3 is 0 Å². The van der Waals surface area contributed by atoms with Gasteiger partial charge in [-0.2, -0.15) is 0 Å². The number of rotatable bonds is 5. The Hall–Kier alpha value is -3.35. The van der Waals surface area contributed by atoms with Gasteiger partial charge in [-0.3, -0.25) is 4.79 Å². The minimum Gasteiger partial charge on any atom is -0.467 e. The van der Waals surface area contributed by atoms with E-state index in [1.54, 1.807) is 35.8 Å². The molecule has 0 aliphatic carbocycles. The summed E-state index contributed by atoms with van der Waals surface area (Å²) >= 11 is 0. The molecule has 0 bridgehead atoms. The molecule has 138 valence electrons. The molecule has 0 fully saturated rings. The van der Waals surface area contributed by atoms with E-state index in [1.807, 2.05) is 0 Å². The van der Waals surface area contributed by atoms with E-state index in [0.717, 1.165) is 6.07 Å². The van der Waals surface area contributed by atoms with Crippen LogP contribution in [0.5, 0.6) is 0 Å². The lowest BCUT2D eigenvalue weighted by molar-refractivity contribution is 0.0939. The monoisotopic (exact) mass is 370 g/mol. The van der Waals surface area contributed by atoms with Gasteiger partial charge in [-0.1, -0.05) is 6.07 Å². The SMILES string of the molecule is Cc1cc2c(cc(C(=O)NCc3ccco3)n2Cc2ccc(F)cc2F)o1. The first-order valence-corrected chi connectivity index (χ1v) is 8.35. The number of hydrogen-bond donors (Lipinski definition) is 1. The number of benzene rings is 1. The highest BCUT2D eigenvalue weighted by Crippen LogP contribution is 2.25. The number of amides is 1. The molecule has 0 radical (unpaired) electrons. The molecule has 4 rings (SSSR count). The largest absolute Gasteiger partial charge is 0.467 e. The molecule has 1 amide bonds. The summed E-state index contributed by atoms with van der Waals surface area (Å²) in [5, 5.41) is 2.77. The smallest absolute Gasteiger partial charge is 0.268 e. The van der Waals surface area contributed by atoms with Crippen LogP contribution in [0.3, 0.4) is 0 Å². The van der Waals surface area contributed by atoms with E-state index in [2.05, 4.69) is 5.32 Å². The van der Waals surface area contributed by atoms with Crippen LogP contribution >= 0.6 is 0 Å². The lowest BCUT2D eigenvalue weighted by atomic mass is 10.2. The molecule has 0 unspecified atom stereocenters. The van der Waals surface area contributed by atoms with Crippen LogP contribution in [0.1, 0.15) is 27.6 Å². The molecule has 5 nitrogen and oxygen atoms in total. The first-order valence-electron chi connectivity index (χ1n) is 8.35. The highest BCUT2D eigenvalue weighted by atomic mass is 19.1. The number of carbonyl (C=O) groups excluding carboxylic acids is 1. The molecule has 3 aromatic heterocycles. The summed E-state index contributed by atoms with van der Waals surface area (Å²) in [6, 6.07) is 10.3. The van der Waals surface area contributed by atoms with E-state index in [1.165, 1.54) is 18.4 Å². The fourth-order valence-electron chi connectivity index (χ4n) is 3.01. The Bertz CT molecular complexity index is 1110. The maximum Gasteiger partial charge on any atom is 0.268 e. The van der Waals surface area contributed by atoms with Gasteiger partial charge in [-0.05, 0) is 25.1 Å². The van der Waals surface area contributed by atoms with E-state index >= 15 is 0 Å². The van der Waals surface area contributed by atoms with Crippen LogP contribution in [-0.4, -0.2) is 10.5 Å². The number of hydrogen-bond acceptors (Lipinski definition) is 3. The Labute approximate surface area is 153 Å². The standard InChI is InChI=1S/C20H16F2N2O3/c1-12-7-17-19(27-12)9-18(20(25)23-10-15-3-2-6-26-15)24(17)11-13-4-5-14(21)8-16(13)22/h2-9H,10-11H2,1H3,(H,23,25). The molecule has 27 heavy (non-hydrogen) atoms. The van der Waals surface area contributed by atoms with Crippen molar-refractivity contribution in [2.24, 2.45) is 0 Å². The zero-order chi connectivity index (χ0) is 19.0. The van der Waals surface area contributed by atoms with Crippen molar-refractivity contribution in [3.05, 3.63) is 83.1 Å². The summed E-state index contributed by atoms with van der Waals surface area (Å²) in [5.74, 6) is -0.372. The molecule has 1 N–H and O–H groups in total. The molecule has 0 atom stereocenters. The molecule has 3 heterocycles. The fourth-order valence-corrected chi connectivity index (χ4v) is 3.01. The molecule has 0 aliphatic heterocycles. The van der Waals surface area contributed by atoms with Crippen molar-refractivity contribution in [3.63, 3.8) is 0 Å². The molecular formula is C20H16F2N2O3. The summed E-state index contributed by atoms with van der Waals surface area (Å²) in [6.45, 7) is 2.08. The highest BCUT2D eigenvalue weighted by Gasteiger charge is 2.20. The average molecular weight is 370 g/mol. The van der Waals surface area contributed by atoms with E-state index in [4.69, 9.17) is 8.83 Å². The van der Waals surface area contributed by atoms with Gasteiger partial charge < -0.3 is 18.7 Å². The zero-order valence-corrected chi connectivity index (χ0v) is 14.5. The van der Waals surface area contributed by atoms with Gasteiger partial charge in [-0.15, -0.1) is 0 Å². The topological polar surface area (TPSA) is 60.3 Å². The van der Waals surface area contributed by atoms with Gasteiger partial charge in [0.25, 0.3) is 5.91 Å². The van der Waals surface area contributed by atoms with Crippen molar-refractivity contribution in [2.45, 2.75) is 20.0 Å². The Morgan fingerprint density at radius 2 is 2.04 bits per heavy atom. The van der Waals surface area contributed by atoms with E-state index in [9.17, 15) is 13.6 Å². The van der Waals surface area contributed by atoms with Crippen molar-refractivity contribution in [1.82, 2.24) is 9.88 Å². The Balaban J connectivity index is 1.68. The van der Waals surface area contributed by atoms with Crippen molar-refractivity contribution in [3.8, 4) is 0 Å². The third-order valence-corrected chi connectivity index (χ3v) is 4.29. The summed E-state index contributed by atoms with van der Waals surface area (Å²) in [7, 11) is 0. The van der Waals surface area contributed by atoms with Crippen LogP contribution < -0.4 is 5.32 Å². The van der Waals surface area contributed by atoms with Crippen LogP contribution in [0.15, 0.2) is 57.6 Å². The number of nitrogens with one attached hydrogen (secondary N) is 1. The molecule has 1 aromatic carbocycles. The third kappa shape index (κ3) is 3.36. The molecule has 0 spiro atoms. The number of aryl methyl sites for hydroxylation is 1. The molecule has 0 saturated heterocycles. The second-order valence-electron chi connectivity index (χ2n) is 6.22. The predicted octanol–water partition coefficient (Wildman–Crippen LogP) is 4.39. The minimum absolute atomic E-state index is 0.0676. The molecule has 0 saturated carbocycles. The van der Waals surface area contributed by atoms with Crippen molar-refractivity contribution < 1.29 is 22.4 Å². The number of nitrogens with zero attached hydrogens (tertiary/aromatic N) is 1. The molecule has 4 aromatic rings. The maximum absolute atomic E-state index is 14.1. The van der Waals surface area contributed by atoms with Crippen molar-refractivity contribution in [1.29, 1.82) is 0 Å². The zero-order valence-electron chi connectivity index (χ0n) is 14.5. The summed E-state index contributed by atoms with van der Waals surface area (Å²) in [5.41, 5.74) is 1.78. The van der Waals surface area contributed by atoms with Gasteiger partial charge in [0.2, 0.25) is 0 Å². The van der Waals surface area contributed by atoms with E-state index in [0.29, 0.717) is 28.3 Å². The predicted molar refractivity (Wildman–Crippen MR) is 94.3 cm³/mol. The van der Waals surface area contributed by atoms with Crippen LogP contribution in [0.4, 0.5) is 8.78 Å². The van der Waals surface area contributed by atoms with Gasteiger partial charge in [0.15, 0.2) is 5.58 Å². The van der Waals surface area contributed by atoms with Crippen LogP contribution in [-0.2, 0) is 13.1 Å². The quantitative estimate of drug-likeness (QED) is 0.567. The Morgan fingerprint density at radius 1 is 1.19 bits per heavy atom. The first kappa shape index (κ1) is 17.1. The fraction of sp³-hybridized carbons (Fsp3) is 0.150. The second kappa shape index (κ2) is 6.75. The average Bonchev–Trinajstić information content (AvgIpc) is 3.32. The summed E-state index contributed by atoms with van der Waals surface area (Å²) in [4.78, 5) is 12.7. The number of halogens is 2. The molecule has 7 heteroatoms. The van der Waals surface area contributed by atoms with Crippen LogP contribution in [0.25, 0.3) is 11.1 Å². The van der Waals surface area contributed by atoms with Crippen molar-refractivity contribution >= 4 is 17.0 Å². The number of carbonyl (C=O) groups is 1. The number of aromatic nitrogens is 1. The van der Waals surface area contributed by atoms with Crippen LogP contribution in [0.2, 0.25) is 0 Å². The highest BCUT2D eigenvalue weighted by molar-refractivity contribution is 5.97. The van der Waals surface area contributed by atoms with Gasteiger partial charge in [-0.25, -0.2) is 8.78 Å². The molecular weight excluding hydrogens is 354 g/mol. The summed E-state index contributed by atoms with van der Waals surface area (Å²) < 4.78 is 39.8. The van der Waals surface area contributed by atoms with Crippen LogP contribution in [0, 0.1) is 18.6 Å². The van der Waals surface area contributed by atoms with E-state index in [-0.39, 0.29) is 24.6 Å². The van der Waals surface area contributed by atoms with Crippen molar-refractivity contribution in [2.75, 3.05) is 0 Å². The lowest BCUT2D eigenvalue weighted by Gasteiger charge is -2.11. The Morgan fingerprint density at radius 3 is 2.78 bits per heavy atom. The lowest BCUT2D eigenvalue weighted by Crippen LogP contribution is -2.25. The normalized spacial score (nSPS) is 11.2. The number of furan rings is 2. The minimum atomic E-state index is -0.668. The number of fused-ring (bicyclic) bond motifs is 1. The second-order valence-corrected chi connectivity index (χ2v) is 6.22. The first-order chi connectivity index (χ1) is 13.0. The Kier molecular flexibility index (Phi) is 4.27. The van der Waals surface area contributed by atoms with E-state index < -0.39 is 11.6 Å². The van der Waals surface area contributed by atoms with Gasteiger partial charge in [0, 0.05) is 23.8 Å². The molecule has 0 aliphatic rings. The maximum atomic E-state index is 14.1. The third-order valence-electron chi connectivity index (χ3n) is 4.29. The van der Waals surface area contributed by atoms with Gasteiger partial charge in [0.05, 0.1) is 24.9 Å². The van der Waals surface area contributed by atoms with Gasteiger partial charge in [0.1, 0.15) is 28.8 Å². The summed E-state index contributed by atoms with van der Waals surface area (Å²) in [6.07, 6.45) is 1.53.